The summed E-state index contributed by atoms with van der Waals surface area (Å²) in [6, 6.07) is 10.0. The Morgan fingerprint density at radius 2 is 2.03 bits per heavy atom. The highest BCUT2D eigenvalue weighted by molar-refractivity contribution is 7.09. The Morgan fingerprint density at radius 3 is 2.77 bits per heavy atom. The predicted octanol–water partition coefficient (Wildman–Crippen LogP) is 4.22. The van der Waals surface area contributed by atoms with Gasteiger partial charge in [-0.15, -0.1) is 11.3 Å². The second-order valence-electron chi connectivity index (χ2n) is 7.06. The number of thiazole rings is 1. The summed E-state index contributed by atoms with van der Waals surface area (Å²) in [7, 11) is 1.92. The summed E-state index contributed by atoms with van der Waals surface area (Å²) in [5, 5.41) is 7.44. The van der Waals surface area contributed by atoms with Gasteiger partial charge in [0.25, 0.3) is 0 Å². The Labute approximate surface area is 177 Å². The van der Waals surface area contributed by atoms with Crippen LogP contribution in [0.3, 0.4) is 0 Å². The van der Waals surface area contributed by atoms with E-state index in [1.165, 1.54) is 0 Å². The van der Waals surface area contributed by atoms with Crippen LogP contribution in [0.25, 0.3) is 22.2 Å². The zero-order chi connectivity index (χ0) is 20.5. The summed E-state index contributed by atoms with van der Waals surface area (Å²) >= 11 is 1.66. The number of aryl methyl sites for hydroxylation is 2. The predicted molar refractivity (Wildman–Crippen MR) is 116 cm³/mol. The molecule has 5 rings (SSSR count). The van der Waals surface area contributed by atoms with Crippen molar-refractivity contribution in [3.05, 3.63) is 77.0 Å². The standard InChI is InChI=1S/C22H20N6OS/c1-15-25-18(14-30-15)12-28-21-8-16(17-9-24-27(2)11-17)5-6-20(21)26-22(28)13-29-19-4-3-7-23-10-19/h3-11,14H,12-13H2,1-2H3. The maximum atomic E-state index is 5.95. The zero-order valence-corrected chi connectivity index (χ0v) is 17.5. The van der Waals surface area contributed by atoms with Gasteiger partial charge in [-0.05, 0) is 36.8 Å². The molecule has 1 aromatic carbocycles. The van der Waals surface area contributed by atoms with Crippen LogP contribution < -0.4 is 4.74 Å². The molecule has 0 N–H and O–H groups in total. The SMILES string of the molecule is Cc1nc(Cn2c(COc3cccnc3)nc3ccc(-c4cnn(C)c4)cc32)cs1. The first-order chi connectivity index (χ1) is 14.7. The maximum Gasteiger partial charge on any atom is 0.148 e. The number of aromatic nitrogens is 6. The van der Waals surface area contributed by atoms with Crippen LogP contribution in [0, 0.1) is 6.92 Å². The average Bonchev–Trinajstić information content (AvgIpc) is 3.46. The van der Waals surface area contributed by atoms with E-state index in [9.17, 15) is 0 Å². The first-order valence-corrected chi connectivity index (χ1v) is 10.5. The van der Waals surface area contributed by atoms with Crippen molar-refractivity contribution >= 4 is 22.4 Å². The molecular weight excluding hydrogens is 396 g/mol. The number of pyridine rings is 1. The van der Waals surface area contributed by atoms with Crippen molar-refractivity contribution in [3.63, 3.8) is 0 Å². The fourth-order valence-corrected chi connectivity index (χ4v) is 4.04. The molecule has 4 heterocycles. The quantitative estimate of drug-likeness (QED) is 0.414. The Hall–Kier alpha value is -3.52. The summed E-state index contributed by atoms with van der Waals surface area (Å²) < 4.78 is 9.93. The largest absolute Gasteiger partial charge is 0.484 e. The number of hydrogen-bond donors (Lipinski definition) is 0. The van der Waals surface area contributed by atoms with E-state index in [0.717, 1.165) is 44.4 Å². The number of ether oxygens (including phenoxy) is 1. The van der Waals surface area contributed by atoms with E-state index >= 15 is 0 Å². The van der Waals surface area contributed by atoms with E-state index in [0.29, 0.717) is 13.2 Å². The van der Waals surface area contributed by atoms with Gasteiger partial charge in [0.2, 0.25) is 0 Å². The molecule has 0 saturated carbocycles. The lowest BCUT2D eigenvalue weighted by Crippen LogP contribution is -2.09. The zero-order valence-electron chi connectivity index (χ0n) is 16.7. The smallest absolute Gasteiger partial charge is 0.148 e. The van der Waals surface area contributed by atoms with Gasteiger partial charge in [-0.3, -0.25) is 9.67 Å². The van der Waals surface area contributed by atoms with Gasteiger partial charge < -0.3 is 9.30 Å². The molecule has 5 aromatic rings. The van der Waals surface area contributed by atoms with Crippen LogP contribution in [0.5, 0.6) is 5.75 Å². The number of benzene rings is 1. The van der Waals surface area contributed by atoms with Crippen LogP contribution in [-0.2, 0) is 20.2 Å². The molecule has 0 radical (unpaired) electrons. The monoisotopic (exact) mass is 416 g/mol. The topological polar surface area (TPSA) is 70.7 Å². The number of imidazole rings is 1. The Morgan fingerprint density at radius 1 is 1.10 bits per heavy atom. The minimum atomic E-state index is 0.353. The van der Waals surface area contributed by atoms with Crippen LogP contribution in [0.1, 0.15) is 16.5 Å². The molecule has 0 spiro atoms. The van der Waals surface area contributed by atoms with E-state index in [4.69, 9.17) is 9.72 Å². The van der Waals surface area contributed by atoms with Crippen LogP contribution in [0.2, 0.25) is 0 Å². The van der Waals surface area contributed by atoms with Gasteiger partial charge in [-0.1, -0.05) is 6.07 Å². The highest BCUT2D eigenvalue weighted by Crippen LogP contribution is 2.26. The second kappa shape index (κ2) is 7.72. The summed E-state index contributed by atoms with van der Waals surface area (Å²) in [6.07, 6.45) is 7.32. The third-order valence-corrected chi connectivity index (χ3v) is 5.68. The molecular formula is C22H20N6OS. The van der Waals surface area contributed by atoms with Crippen molar-refractivity contribution in [2.45, 2.75) is 20.1 Å². The molecule has 7 nitrogen and oxygen atoms in total. The molecule has 0 saturated heterocycles. The molecule has 0 aliphatic heterocycles. The first kappa shape index (κ1) is 18.5. The molecule has 8 heteroatoms. The van der Waals surface area contributed by atoms with Crippen molar-refractivity contribution < 1.29 is 4.74 Å². The molecule has 0 bridgehead atoms. The minimum Gasteiger partial charge on any atom is -0.484 e. The number of nitrogens with zero attached hydrogens (tertiary/aromatic N) is 6. The molecule has 0 aliphatic rings. The summed E-state index contributed by atoms with van der Waals surface area (Å²) in [4.78, 5) is 13.6. The normalized spacial score (nSPS) is 11.3. The molecule has 150 valence electrons. The van der Waals surface area contributed by atoms with Crippen molar-refractivity contribution in [2.75, 3.05) is 0 Å². The van der Waals surface area contributed by atoms with E-state index in [1.807, 2.05) is 49.2 Å². The van der Waals surface area contributed by atoms with Crippen LogP contribution in [0.15, 0.2) is 60.5 Å². The van der Waals surface area contributed by atoms with Gasteiger partial charge >= 0.3 is 0 Å². The van der Waals surface area contributed by atoms with Gasteiger partial charge in [0.15, 0.2) is 0 Å². The van der Waals surface area contributed by atoms with Crippen molar-refractivity contribution in [1.82, 2.24) is 29.3 Å². The van der Waals surface area contributed by atoms with Gasteiger partial charge in [0.1, 0.15) is 18.2 Å². The third kappa shape index (κ3) is 3.69. The van der Waals surface area contributed by atoms with E-state index in [2.05, 4.69) is 37.1 Å². The molecule has 0 aliphatic carbocycles. The highest BCUT2D eigenvalue weighted by Gasteiger charge is 2.15. The van der Waals surface area contributed by atoms with Gasteiger partial charge in [-0.25, -0.2) is 9.97 Å². The molecule has 30 heavy (non-hydrogen) atoms. The van der Waals surface area contributed by atoms with Crippen LogP contribution in [-0.4, -0.2) is 29.3 Å². The number of rotatable bonds is 6. The van der Waals surface area contributed by atoms with Crippen molar-refractivity contribution in [1.29, 1.82) is 0 Å². The fraction of sp³-hybridized carbons (Fsp3) is 0.182. The lowest BCUT2D eigenvalue weighted by atomic mass is 10.1. The third-order valence-electron chi connectivity index (χ3n) is 4.85. The summed E-state index contributed by atoms with van der Waals surface area (Å²) in [6.45, 7) is 3.02. The average molecular weight is 417 g/mol. The maximum absolute atomic E-state index is 5.95. The van der Waals surface area contributed by atoms with E-state index < -0.39 is 0 Å². The lowest BCUT2D eigenvalue weighted by molar-refractivity contribution is 0.290. The van der Waals surface area contributed by atoms with E-state index in [1.54, 1.807) is 23.7 Å². The van der Waals surface area contributed by atoms with Crippen LogP contribution >= 0.6 is 11.3 Å². The summed E-state index contributed by atoms with van der Waals surface area (Å²) in [5.41, 5.74) is 5.17. The van der Waals surface area contributed by atoms with Crippen molar-refractivity contribution in [2.24, 2.45) is 7.05 Å². The van der Waals surface area contributed by atoms with Crippen molar-refractivity contribution in [3.8, 4) is 16.9 Å². The highest BCUT2D eigenvalue weighted by atomic mass is 32.1. The van der Waals surface area contributed by atoms with Gasteiger partial charge in [0, 0.05) is 30.4 Å². The van der Waals surface area contributed by atoms with Gasteiger partial charge in [0.05, 0.1) is 40.7 Å². The second-order valence-corrected chi connectivity index (χ2v) is 8.12. The molecule has 0 amide bonds. The molecule has 0 atom stereocenters. The van der Waals surface area contributed by atoms with Crippen LogP contribution in [0.4, 0.5) is 0 Å². The number of fused-ring (bicyclic) bond motifs is 1. The number of hydrogen-bond acceptors (Lipinski definition) is 6. The molecule has 0 fully saturated rings. The Balaban J connectivity index is 1.55. The fourth-order valence-electron chi connectivity index (χ4n) is 3.43. The first-order valence-electron chi connectivity index (χ1n) is 9.58. The molecule has 0 unspecified atom stereocenters. The van der Waals surface area contributed by atoms with Gasteiger partial charge in [-0.2, -0.15) is 5.10 Å². The molecule has 4 aromatic heterocycles. The minimum absolute atomic E-state index is 0.353. The Kier molecular flexibility index (Phi) is 4.76. The van der Waals surface area contributed by atoms with E-state index in [-0.39, 0.29) is 0 Å². The Bertz CT molecular complexity index is 1300. The lowest BCUT2D eigenvalue weighted by Gasteiger charge is -2.09. The summed E-state index contributed by atoms with van der Waals surface area (Å²) in [5.74, 6) is 1.57.